The first kappa shape index (κ1) is 21.7. The molecule has 2 atom stereocenters. The van der Waals surface area contributed by atoms with Crippen molar-refractivity contribution >= 4 is 11.8 Å². The highest BCUT2D eigenvalue weighted by atomic mass is 16.2. The molecule has 0 spiro atoms. The number of nitrogens with zero attached hydrogens (tertiary/aromatic N) is 1. The van der Waals surface area contributed by atoms with Crippen molar-refractivity contribution in [1.82, 2.24) is 10.2 Å². The lowest BCUT2D eigenvalue weighted by molar-refractivity contribution is -0.141. The van der Waals surface area contributed by atoms with Crippen LogP contribution in [0.1, 0.15) is 50.3 Å². The van der Waals surface area contributed by atoms with Crippen LogP contribution in [0.2, 0.25) is 0 Å². The third-order valence-corrected chi connectivity index (χ3v) is 5.01. The first-order valence-electron chi connectivity index (χ1n) is 10.1. The predicted octanol–water partition coefficient (Wildman–Crippen LogP) is 4.26. The summed E-state index contributed by atoms with van der Waals surface area (Å²) in [6.45, 7) is 8.34. The molecule has 0 bridgehead atoms. The van der Waals surface area contributed by atoms with E-state index in [0.717, 1.165) is 23.1 Å². The molecular formula is C24H32N2O2. The minimum absolute atomic E-state index is 0.0123. The van der Waals surface area contributed by atoms with Crippen LogP contribution in [-0.4, -0.2) is 28.8 Å². The van der Waals surface area contributed by atoms with E-state index in [-0.39, 0.29) is 17.9 Å². The maximum Gasteiger partial charge on any atom is 0.243 e. The average Bonchev–Trinajstić information content (AvgIpc) is 2.70. The predicted molar refractivity (Wildman–Crippen MR) is 114 cm³/mol. The Morgan fingerprint density at radius 1 is 1.00 bits per heavy atom. The zero-order chi connectivity index (χ0) is 20.5. The summed E-state index contributed by atoms with van der Waals surface area (Å²) in [6.07, 6.45) is 1.72. The Kier molecular flexibility index (Phi) is 8.24. The Morgan fingerprint density at radius 2 is 1.68 bits per heavy atom. The number of aryl methyl sites for hydroxylation is 1. The first-order chi connectivity index (χ1) is 13.4. The Hall–Kier alpha value is -2.62. The Balaban J connectivity index is 2.35. The van der Waals surface area contributed by atoms with Crippen molar-refractivity contribution in [3.63, 3.8) is 0 Å². The van der Waals surface area contributed by atoms with Crippen LogP contribution in [0.3, 0.4) is 0 Å². The summed E-state index contributed by atoms with van der Waals surface area (Å²) in [5.41, 5.74) is 3.23. The molecule has 2 aromatic rings. The Bertz CT molecular complexity index is 773. The minimum atomic E-state index is -0.538. The van der Waals surface area contributed by atoms with Crippen LogP contribution < -0.4 is 5.32 Å². The van der Waals surface area contributed by atoms with Gasteiger partial charge in [-0.3, -0.25) is 9.59 Å². The number of hydrogen-bond donors (Lipinski definition) is 1. The molecule has 2 rings (SSSR count). The molecule has 0 aliphatic rings. The molecule has 0 saturated heterocycles. The highest BCUT2D eigenvalue weighted by Crippen LogP contribution is 2.16. The second-order valence-electron chi connectivity index (χ2n) is 7.39. The number of nitrogens with one attached hydrogen (secondary N) is 1. The van der Waals surface area contributed by atoms with Gasteiger partial charge >= 0.3 is 0 Å². The molecule has 0 aromatic heterocycles. The summed E-state index contributed by atoms with van der Waals surface area (Å²) < 4.78 is 0. The maximum absolute atomic E-state index is 13.1. The van der Waals surface area contributed by atoms with E-state index >= 15 is 0 Å². The Labute approximate surface area is 169 Å². The van der Waals surface area contributed by atoms with Gasteiger partial charge in [0.1, 0.15) is 6.04 Å². The molecule has 0 aliphatic carbocycles. The topological polar surface area (TPSA) is 49.4 Å². The second kappa shape index (κ2) is 10.6. The van der Waals surface area contributed by atoms with Gasteiger partial charge in [0, 0.05) is 25.4 Å². The molecule has 0 heterocycles. The molecule has 150 valence electrons. The van der Waals surface area contributed by atoms with Crippen molar-refractivity contribution in [1.29, 1.82) is 0 Å². The van der Waals surface area contributed by atoms with E-state index in [1.807, 2.05) is 76.2 Å². The van der Waals surface area contributed by atoms with E-state index < -0.39 is 6.04 Å². The lowest BCUT2D eigenvalue weighted by Crippen LogP contribution is -2.52. The molecule has 28 heavy (non-hydrogen) atoms. The summed E-state index contributed by atoms with van der Waals surface area (Å²) in [5, 5.41) is 3.07. The molecule has 2 aromatic carbocycles. The van der Waals surface area contributed by atoms with Gasteiger partial charge in [0.15, 0.2) is 0 Å². The molecule has 0 aliphatic heterocycles. The van der Waals surface area contributed by atoms with Gasteiger partial charge in [-0.1, -0.05) is 74.0 Å². The van der Waals surface area contributed by atoms with Crippen LogP contribution in [0.4, 0.5) is 0 Å². The number of rotatable bonds is 9. The van der Waals surface area contributed by atoms with Crippen molar-refractivity contribution in [2.24, 2.45) is 0 Å². The maximum atomic E-state index is 13.1. The number of carbonyl (C=O) groups excluding carboxylic acids is 2. The fourth-order valence-corrected chi connectivity index (χ4v) is 3.21. The smallest absolute Gasteiger partial charge is 0.243 e. The zero-order valence-corrected chi connectivity index (χ0v) is 17.4. The van der Waals surface area contributed by atoms with Gasteiger partial charge in [0.2, 0.25) is 11.8 Å². The van der Waals surface area contributed by atoms with Gasteiger partial charge in [0.05, 0.1) is 0 Å². The third-order valence-electron chi connectivity index (χ3n) is 5.01. The van der Waals surface area contributed by atoms with Crippen LogP contribution >= 0.6 is 0 Å². The third kappa shape index (κ3) is 6.22. The Morgan fingerprint density at radius 3 is 2.29 bits per heavy atom. The summed E-state index contributed by atoms with van der Waals surface area (Å²) >= 11 is 0. The van der Waals surface area contributed by atoms with Crippen LogP contribution in [0, 0.1) is 6.92 Å². The van der Waals surface area contributed by atoms with Crippen LogP contribution in [0.25, 0.3) is 0 Å². The molecule has 4 nitrogen and oxygen atoms in total. The van der Waals surface area contributed by atoms with Crippen molar-refractivity contribution in [3.8, 4) is 0 Å². The van der Waals surface area contributed by atoms with Gasteiger partial charge in [0.25, 0.3) is 0 Å². The van der Waals surface area contributed by atoms with Gasteiger partial charge in [-0.05, 0) is 31.4 Å². The molecule has 0 radical (unpaired) electrons. The summed E-state index contributed by atoms with van der Waals surface area (Å²) in [7, 11) is 0. The fourth-order valence-electron chi connectivity index (χ4n) is 3.21. The zero-order valence-electron chi connectivity index (χ0n) is 17.4. The van der Waals surface area contributed by atoms with Gasteiger partial charge in [-0.25, -0.2) is 0 Å². The molecule has 0 saturated carbocycles. The minimum Gasteiger partial charge on any atom is -0.352 e. The quantitative estimate of drug-likeness (QED) is 0.707. The highest BCUT2D eigenvalue weighted by molar-refractivity contribution is 5.88. The highest BCUT2D eigenvalue weighted by Gasteiger charge is 2.30. The molecule has 2 amide bonds. The monoisotopic (exact) mass is 380 g/mol. The van der Waals surface area contributed by atoms with Crippen LogP contribution in [-0.2, 0) is 22.6 Å². The van der Waals surface area contributed by atoms with Crippen LogP contribution in [0.15, 0.2) is 54.6 Å². The van der Waals surface area contributed by atoms with E-state index in [1.54, 1.807) is 4.90 Å². The summed E-state index contributed by atoms with van der Waals surface area (Å²) in [4.78, 5) is 27.7. The summed E-state index contributed by atoms with van der Waals surface area (Å²) in [6, 6.07) is 17.5. The van der Waals surface area contributed by atoms with Crippen molar-refractivity contribution in [3.05, 3.63) is 71.3 Å². The van der Waals surface area contributed by atoms with E-state index in [2.05, 4.69) is 11.4 Å². The second-order valence-corrected chi connectivity index (χ2v) is 7.39. The largest absolute Gasteiger partial charge is 0.352 e. The molecular weight excluding hydrogens is 348 g/mol. The first-order valence-corrected chi connectivity index (χ1v) is 10.1. The molecule has 4 heteroatoms. The molecule has 0 fully saturated rings. The summed E-state index contributed by atoms with van der Waals surface area (Å²) in [5.74, 6) is -0.102. The average molecular weight is 381 g/mol. The van der Waals surface area contributed by atoms with E-state index in [1.165, 1.54) is 0 Å². The molecule has 0 unspecified atom stereocenters. The van der Waals surface area contributed by atoms with E-state index in [9.17, 15) is 9.59 Å². The SMILES string of the molecule is CCC(=O)N(Cc1cccc(C)c1)[C@@H](Cc1ccccc1)C(=O)N[C@H](C)CC. The van der Waals surface area contributed by atoms with Crippen molar-refractivity contribution < 1.29 is 9.59 Å². The fraction of sp³-hybridized carbons (Fsp3) is 0.417. The van der Waals surface area contributed by atoms with Crippen molar-refractivity contribution in [2.45, 2.75) is 65.6 Å². The number of benzene rings is 2. The lowest BCUT2D eigenvalue weighted by Gasteiger charge is -2.32. The van der Waals surface area contributed by atoms with E-state index in [4.69, 9.17) is 0 Å². The van der Waals surface area contributed by atoms with Gasteiger partial charge < -0.3 is 10.2 Å². The molecule has 1 N–H and O–H groups in total. The van der Waals surface area contributed by atoms with E-state index in [0.29, 0.717) is 19.4 Å². The number of hydrogen-bond acceptors (Lipinski definition) is 2. The number of carbonyl (C=O) groups is 2. The van der Waals surface area contributed by atoms with Crippen LogP contribution in [0.5, 0.6) is 0 Å². The lowest BCUT2D eigenvalue weighted by atomic mass is 10.0. The van der Waals surface area contributed by atoms with Gasteiger partial charge in [-0.2, -0.15) is 0 Å². The van der Waals surface area contributed by atoms with Gasteiger partial charge in [-0.15, -0.1) is 0 Å². The standard InChI is InChI=1S/C24H32N2O2/c1-5-19(4)25-24(28)22(16-20-12-8-7-9-13-20)26(23(27)6-2)17-21-14-10-11-18(3)15-21/h7-15,19,22H,5-6,16-17H2,1-4H3,(H,25,28)/t19-,22+/m1/s1. The van der Waals surface area contributed by atoms with Crippen molar-refractivity contribution in [2.75, 3.05) is 0 Å². The number of amides is 2. The normalized spacial score (nSPS) is 12.9.